The number of nitrogens with zero attached hydrogens (tertiary/aromatic N) is 2. The topological polar surface area (TPSA) is 141 Å². The Hall–Kier alpha value is -3.32. The van der Waals surface area contributed by atoms with Gasteiger partial charge in [0.15, 0.2) is 12.4 Å². The molecule has 1 aromatic rings. The van der Waals surface area contributed by atoms with Crippen molar-refractivity contribution in [1.82, 2.24) is 9.80 Å². The van der Waals surface area contributed by atoms with Gasteiger partial charge in [-0.25, -0.2) is 14.5 Å². The molecule has 262 valence electrons. The fourth-order valence-corrected chi connectivity index (χ4v) is 6.54. The molecule has 12 nitrogen and oxygen atoms in total. The minimum atomic E-state index is -1.19. The van der Waals surface area contributed by atoms with Gasteiger partial charge in [0.2, 0.25) is 5.91 Å². The van der Waals surface area contributed by atoms with Crippen molar-refractivity contribution in [2.45, 2.75) is 90.1 Å². The van der Waals surface area contributed by atoms with E-state index in [9.17, 15) is 24.3 Å². The average molecular weight is 661 g/mol. The summed E-state index contributed by atoms with van der Waals surface area (Å²) in [7, 11) is 4.94. The molecular formula is C35H52N2O10. The highest BCUT2D eigenvalue weighted by atomic mass is 16.8. The maximum absolute atomic E-state index is 14.2. The van der Waals surface area contributed by atoms with Gasteiger partial charge in [-0.1, -0.05) is 50.3 Å². The van der Waals surface area contributed by atoms with Crippen LogP contribution in [0.25, 0.3) is 0 Å². The van der Waals surface area contributed by atoms with Crippen LogP contribution in [-0.2, 0) is 39.7 Å². The van der Waals surface area contributed by atoms with E-state index >= 15 is 0 Å². The zero-order valence-electron chi connectivity index (χ0n) is 28.7. The number of rotatable bonds is 16. The first kappa shape index (κ1) is 38.1. The van der Waals surface area contributed by atoms with Crippen LogP contribution < -0.4 is 0 Å². The summed E-state index contributed by atoms with van der Waals surface area (Å²) in [6.45, 7) is 10.8. The fraction of sp³-hybridized carbons (Fsp3) is 0.657. The van der Waals surface area contributed by atoms with Gasteiger partial charge in [-0.05, 0) is 71.0 Å². The van der Waals surface area contributed by atoms with Crippen LogP contribution in [0.5, 0.6) is 0 Å². The molecule has 1 N–H and O–H groups in total. The number of amides is 2. The molecule has 2 aliphatic heterocycles. The van der Waals surface area contributed by atoms with E-state index in [1.165, 1.54) is 14.0 Å². The molecule has 2 fully saturated rings. The van der Waals surface area contributed by atoms with Crippen LogP contribution in [0.2, 0.25) is 0 Å². The highest BCUT2D eigenvalue weighted by molar-refractivity contribution is 6.07. The van der Waals surface area contributed by atoms with Gasteiger partial charge < -0.3 is 33.7 Å². The number of imide groups is 1. The number of carbonyl (C=O) groups is 4. The van der Waals surface area contributed by atoms with E-state index in [2.05, 4.69) is 6.58 Å². The number of benzene rings is 1. The summed E-state index contributed by atoms with van der Waals surface area (Å²) in [5, 5.41) is 9.91. The number of carbonyl (C=O) groups excluding carboxylic acids is 4. The first-order chi connectivity index (χ1) is 22.3. The zero-order valence-corrected chi connectivity index (χ0v) is 28.7. The van der Waals surface area contributed by atoms with Crippen molar-refractivity contribution < 1.29 is 48.0 Å². The molecule has 0 saturated carbocycles. The normalized spacial score (nSPS) is 26.1. The number of allylic oxidation sites excluding steroid dienone is 1. The number of hydrogen-bond donors (Lipinski definition) is 1. The number of ether oxygens (including phenoxy) is 5. The number of methoxy groups -OCH3 is 1. The lowest BCUT2D eigenvalue weighted by Crippen LogP contribution is -2.57. The number of aliphatic hydroxyl groups is 1. The lowest BCUT2D eigenvalue weighted by atomic mass is 9.79. The summed E-state index contributed by atoms with van der Waals surface area (Å²) in [6, 6.07) is 8.61. The summed E-state index contributed by atoms with van der Waals surface area (Å²) in [4.78, 5) is 56.1. The molecule has 2 heterocycles. The van der Waals surface area contributed by atoms with E-state index < -0.39 is 60.3 Å². The Morgan fingerprint density at radius 1 is 1.17 bits per heavy atom. The third-order valence-electron chi connectivity index (χ3n) is 9.14. The van der Waals surface area contributed by atoms with Crippen LogP contribution in [-0.4, -0.2) is 110 Å². The lowest BCUT2D eigenvalue weighted by molar-refractivity contribution is -0.280. The Morgan fingerprint density at radius 3 is 2.45 bits per heavy atom. The Kier molecular flexibility index (Phi) is 14.4. The van der Waals surface area contributed by atoms with E-state index in [0.717, 1.165) is 10.5 Å². The standard InChI is InChI=1S/C35H52N2O10/c1-9-13-26(16-21(2)19-38)30(46-33-31(47-35(42)43-8)28(36(6)7)17-22(3)45-33)23(4)29(39)24(5)32(40)37-27(20-44-34(37)41)18-25-14-11-10-12-15-25/h9-12,14-15,21-24,26-28,30-31,33,38H,1,13,16-20H2,2-8H3/t21?,22?,23-,24+,26-,27?,28?,30+,31?,33?/m0/s1. The van der Waals surface area contributed by atoms with Crippen LogP contribution in [0.15, 0.2) is 43.0 Å². The van der Waals surface area contributed by atoms with Crippen LogP contribution >= 0.6 is 0 Å². The summed E-state index contributed by atoms with van der Waals surface area (Å²) in [5.74, 6) is -3.59. The van der Waals surface area contributed by atoms with Crippen LogP contribution in [0.4, 0.5) is 9.59 Å². The molecule has 0 aromatic heterocycles. The minimum absolute atomic E-state index is 0.0357. The molecule has 0 radical (unpaired) electrons. The third-order valence-corrected chi connectivity index (χ3v) is 9.14. The molecule has 0 aliphatic carbocycles. The minimum Gasteiger partial charge on any atom is -0.447 e. The highest BCUT2D eigenvalue weighted by Gasteiger charge is 2.47. The van der Waals surface area contributed by atoms with Crippen molar-refractivity contribution in [2.75, 3.05) is 34.4 Å². The summed E-state index contributed by atoms with van der Waals surface area (Å²) >= 11 is 0. The molecule has 0 spiro atoms. The van der Waals surface area contributed by atoms with Crippen LogP contribution in [0.3, 0.4) is 0 Å². The lowest BCUT2D eigenvalue weighted by Gasteiger charge is -2.45. The smallest absolute Gasteiger partial charge is 0.447 e. The van der Waals surface area contributed by atoms with Crippen molar-refractivity contribution in [1.29, 1.82) is 0 Å². The van der Waals surface area contributed by atoms with Crippen LogP contribution in [0.1, 0.15) is 52.5 Å². The highest BCUT2D eigenvalue weighted by Crippen LogP contribution is 2.35. The maximum Gasteiger partial charge on any atom is 0.508 e. The fourth-order valence-electron chi connectivity index (χ4n) is 6.54. The van der Waals surface area contributed by atoms with Crippen molar-refractivity contribution in [3.8, 4) is 0 Å². The second-order valence-corrected chi connectivity index (χ2v) is 13.1. The molecular weight excluding hydrogens is 608 g/mol. The average Bonchev–Trinajstić information content (AvgIpc) is 3.41. The Morgan fingerprint density at radius 2 is 1.85 bits per heavy atom. The molecule has 6 unspecified atom stereocenters. The van der Waals surface area contributed by atoms with Gasteiger partial charge >= 0.3 is 12.2 Å². The molecule has 47 heavy (non-hydrogen) atoms. The van der Waals surface area contributed by atoms with E-state index in [1.807, 2.05) is 63.2 Å². The Labute approximate surface area is 278 Å². The number of cyclic esters (lactones) is 1. The van der Waals surface area contributed by atoms with Gasteiger partial charge in [0.25, 0.3) is 0 Å². The number of Topliss-reactive ketones (excluding diaryl/α,β-unsaturated/α-hetero) is 1. The van der Waals surface area contributed by atoms with Gasteiger partial charge in [-0.3, -0.25) is 9.59 Å². The maximum atomic E-state index is 14.2. The quantitative estimate of drug-likeness (QED) is 0.155. The zero-order chi connectivity index (χ0) is 34.8. The number of hydrogen-bond acceptors (Lipinski definition) is 11. The first-order valence-electron chi connectivity index (χ1n) is 16.3. The SMILES string of the molecule is C=CC[C@@H](CC(C)CO)[C@H](OC1OC(C)CC(N(C)C)C1OC(=O)OC)[C@@H](C)C(=O)[C@@H](C)C(=O)N1C(=O)OCC1Cc1ccccc1. The predicted octanol–water partition coefficient (Wildman–Crippen LogP) is 4.23. The van der Waals surface area contributed by atoms with Gasteiger partial charge in [-0.2, -0.15) is 0 Å². The summed E-state index contributed by atoms with van der Waals surface area (Å²) in [5.41, 5.74) is 0.932. The summed E-state index contributed by atoms with van der Waals surface area (Å²) < 4.78 is 28.6. The molecule has 2 amide bonds. The first-order valence-corrected chi connectivity index (χ1v) is 16.3. The monoisotopic (exact) mass is 660 g/mol. The van der Waals surface area contributed by atoms with Crippen LogP contribution in [0, 0.1) is 23.7 Å². The second-order valence-electron chi connectivity index (χ2n) is 13.1. The van der Waals surface area contributed by atoms with Crippen molar-refractivity contribution in [3.05, 3.63) is 48.6 Å². The van der Waals surface area contributed by atoms with E-state index in [4.69, 9.17) is 23.7 Å². The molecule has 2 aliphatic rings. The molecule has 3 rings (SSSR count). The third kappa shape index (κ3) is 9.85. The van der Waals surface area contributed by atoms with Gasteiger partial charge in [0.05, 0.1) is 37.3 Å². The molecule has 2 saturated heterocycles. The molecule has 0 bridgehead atoms. The second kappa shape index (κ2) is 17.7. The largest absolute Gasteiger partial charge is 0.508 e. The van der Waals surface area contributed by atoms with Crippen molar-refractivity contribution in [3.63, 3.8) is 0 Å². The number of ketones is 1. The van der Waals surface area contributed by atoms with Gasteiger partial charge in [-0.15, -0.1) is 6.58 Å². The van der Waals surface area contributed by atoms with Crippen molar-refractivity contribution >= 4 is 23.9 Å². The summed E-state index contributed by atoms with van der Waals surface area (Å²) in [6.07, 6.45) is -1.16. The molecule has 1 aromatic carbocycles. The van der Waals surface area contributed by atoms with E-state index in [-0.39, 0.29) is 37.2 Å². The molecule has 10 atom stereocenters. The van der Waals surface area contributed by atoms with Gasteiger partial charge in [0.1, 0.15) is 12.4 Å². The van der Waals surface area contributed by atoms with Gasteiger partial charge in [0, 0.05) is 12.5 Å². The van der Waals surface area contributed by atoms with E-state index in [0.29, 0.717) is 25.7 Å². The number of aliphatic hydroxyl groups excluding tert-OH is 1. The predicted molar refractivity (Wildman–Crippen MR) is 173 cm³/mol. The Bertz CT molecular complexity index is 1210. The number of likely N-dealkylation sites (N-methyl/N-ethyl adjacent to an activating group) is 1. The molecule has 12 heteroatoms. The van der Waals surface area contributed by atoms with E-state index in [1.54, 1.807) is 13.0 Å². The Balaban J connectivity index is 1.93. The van der Waals surface area contributed by atoms with Crippen molar-refractivity contribution in [2.24, 2.45) is 23.7 Å².